The topological polar surface area (TPSA) is 48.5 Å². The second-order valence-corrected chi connectivity index (χ2v) is 5.10. The fraction of sp³-hybridized carbons (Fsp3) is 0.375. The van der Waals surface area contributed by atoms with Crippen LogP contribution in [0.4, 0.5) is 0 Å². The first-order chi connectivity index (χ1) is 10.1. The highest BCUT2D eigenvalue weighted by Gasteiger charge is 2.15. The molecule has 0 aliphatic heterocycles. The van der Waals surface area contributed by atoms with Crippen molar-refractivity contribution in [1.29, 1.82) is 0 Å². The molecule has 5 nitrogen and oxygen atoms in total. The van der Waals surface area contributed by atoms with Crippen LogP contribution in [0.5, 0.6) is 0 Å². The summed E-state index contributed by atoms with van der Waals surface area (Å²) in [7, 11) is 0. The standard InChI is InChI=1S/C16H19N3O2/c1-4-21-10-9-18-13-7-5-6-8-14(13)19-15(20)11(2)12(3)17-16(18)19/h5-8H,4,9-10H2,1-3H3. The van der Waals surface area contributed by atoms with E-state index in [4.69, 9.17) is 4.74 Å². The highest BCUT2D eigenvalue weighted by atomic mass is 16.5. The summed E-state index contributed by atoms with van der Waals surface area (Å²) in [5.74, 6) is 0.684. The van der Waals surface area contributed by atoms with Crippen LogP contribution >= 0.6 is 0 Å². The number of para-hydroxylation sites is 2. The quantitative estimate of drug-likeness (QED) is 0.691. The Hall–Kier alpha value is -2.14. The number of hydrogen-bond acceptors (Lipinski definition) is 3. The number of aromatic nitrogens is 3. The molecule has 2 aromatic heterocycles. The smallest absolute Gasteiger partial charge is 0.262 e. The number of fused-ring (bicyclic) bond motifs is 3. The molecular formula is C16H19N3O2. The third-order valence-corrected chi connectivity index (χ3v) is 3.85. The number of hydrogen-bond donors (Lipinski definition) is 0. The number of aryl methyl sites for hydroxylation is 1. The maximum absolute atomic E-state index is 12.6. The van der Waals surface area contributed by atoms with Gasteiger partial charge in [-0.1, -0.05) is 12.1 Å². The summed E-state index contributed by atoms with van der Waals surface area (Å²) in [5, 5.41) is 0. The fourth-order valence-corrected chi connectivity index (χ4v) is 2.61. The average molecular weight is 285 g/mol. The number of nitrogens with zero attached hydrogens (tertiary/aromatic N) is 3. The Morgan fingerprint density at radius 2 is 1.90 bits per heavy atom. The molecule has 3 aromatic rings. The van der Waals surface area contributed by atoms with Crippen molar-refractivity contribution in [3.8, 4) is 0 Å². The molecule has 1 aromatic carbocycles. The van der Waals surface area contributed by atoms with E-state index in [1.165, 1.54) is 0 Å². The molecule has 3 rings (SSSR count). The lowest BCUT2D eigenvalue weighted by Crippen LogP contribution is -2.19. The van der Waals surface area contributed by atoms with Crippen molar-refractivity contribution < 1.29 is 4.74 Å². The van der Waals surface area contributed by atoms with Crippen LogP contribution in [0.1, 0.15) is 18.2 Å². The Morgan fingerprint density at radius 1 is 1.19 bits per heavy atom. The molecule has 0 aliphatic rings. The minimum absolute atomic E-state index is 0.00357. The van der Waals surface area contributed by atoms with Crippen LogP contribution in [0.15, 0.2) is 29.1 Å². The average Bonchev–Trinajstić information content (AvgIpc) is 2.79. The van der Waals surface area contributed by atoms with E-state index in [1.54, 1.807) is 4.40 Å². The Kier molecular flexibility index (Phi) is 3.51. The third-order valence-electron chi connectivity index (χ3n) is 3.85. The minimum Gasteiger partial charge on any atom is -0.380 e. The summed E-state index contributed by atoms with van der Waals surface area (Å²) in [6.45, 7) is 7.64. The van der Waals surface area contributed by atoms with Gasteiger partial charge in [0, 0.05) is 24.4 Å². The number of benzene rings is 1. The van der Waals surface area contributed by atoms with Gasteiger partial charge in [-0.05, 0) is 32.9 Å². The number of ether oxygens (including phenoxy) is 1. The first kappa shape index (κ1) is 13.8. The van der Waals surface area contributed by atoms with Gasteiger partial charge in [-0.15, -0.1) is 0 Å². The van der Waals surface area contributed by atoms with Crippen molar-refractivity contribution in [2.75, 3.05) is 13.2 Å². The molecule has 0 atom stereocenters. The van der Waals surface area contributed by atoms with E-state index >= 15 is 0 Å². The first-order valence-corrected chi connectivity index (χ1v) is 7.20. The van der Waals surface area contributed by atoms with Crippen molar-refractivity contribution in [3.63, 3.8) is 0 Å². The molecule has 0 spiro atoms. The van der Waals surface area contributed by atoms with E-state index in [0.29, 0.717) is 31.1 Å². The lowest BCUT2D eigenvalue weighted by Gasteiger charge is -2.07. The Bertz CT molecular complexity index is 861. The number of imidazole rings is 1. The molecule has 0 aliphatic carbocycles. The Morgan fingerprint density at radius 3 is 2.62 bits per heavy atom. The highest BCUT2D eigenvalue weighted by Crippen LogP contribution is 2.19. The van der Waals surface area contributed by atoms with Gasteiger partial charge in [-0.3, -0.25) is 4.79 Å². The molecule has 0 N–H and O–H groups in total. The van der Waals surface area contributed by atoms with Gasteiger partial charge in [0.25, 0.3) is 5.56 Å². The molecule has 21 heavy (non-hydrogen) atoms. The van der Waals surface area contributed by atoms with Crippen LogP contribution in [-0.4, -0.2) is 27.2 Å². The summed E-state index contributed by atoms with van der Waals surface area (Å²) < 4.78 is 9.21. The van der Waals surface area contributed by atoms with E-state index in [9.17, 15) is 4.79 Å². The van der Waals surface area contributed by atoms with Gasteiger partial charge in [0.1, 0.15) is 0 Å². The zero-order valence-electron chi connectivity index (χ0n) is 12.6. The van der Waals surface area contributed by atoms with Gasteiger partial charge < -0.3 is 9.30 Å². The Labute approximate surface area is 122 Å². The first-order valence-electron chi connectivity index (χ1n) is 7.20. The molecule has 0 unspecified atom stereocenters. The van der Waals surface area contributed by atoms with Crippen LogP contribution in [0, 0.1) is 13.8 Å². The van der Waals surface area contributed by atoms with E-state index in [0.717, 1.165) is 16.7 Å². The summed E-state index contributed by atoms with van der Waals surface area (Å²) in [6, 6.07) is 7.89. The van der Waals surface area contributed by atoms with E-state index in [1.807, 2.05) is 45.0 Å². The molecule has 5 heteroatoms. The predicted molar refractivity (Wildman–Crippen MR) is 82.9 cm³/mol. The molecule has 0 saturated heterocycles. The molecule has 110 valence electrons. The van der Waals surface area contributed by atoms with Crippen molar-refractivity contribution >= 4 is 16.8 Å². The Balaban J connectivity index is 2.35. The molecule has 0 amide bonds. The molecule has 0 radical (unpaired) electrons. The second-order valence-electron chi connectivity index (χ2n) is 5.10. The third kappa shape index (κ3) is 2.14. The molecule has 0 bridgehead atoms. The van der Waals surface area contributed by atoms with Crippen LogP contribution in [-0.2, 0) is 11.3 Å². The second kappa shape index (κ2) is 5.33. The van der Waals surface area contributed by atoms with Crippen molar-refractivity contribution in [3.05, 3.63) is 45.9 Å². The normalized spacial score (nSPS) is 11.6. The summed E-state index contributed by atoms with van der Waals surface area (Å²) >= 11 is 0. The van der Waals surface area contributed by atoms with E-state index < -0.39 is 0 Å². The zero-order chi connectivity index (χ0) is 15.0. The van der Waals surface area contributed by atoms with Crippen molar-refractivity contribution in [2.45, 2.75) is 27.3 Å². The zero-order valence-corrected chi connectivity index (χ0v) is 12.6. The predicted octanol–water partition coefficient (Wildman–Crippen LogP) is 2.30. The van der Waals surface area contributed by atoms with Gasteiger partial charge in [-0.2, -0.15) is 0 Å². The van der Waals surface area contributed by atoms with E-state index in [-0.39, 0.29) is 5.56 Å². The van der Waals surface area contributed by atoms with Crippen LogP contribution in [0.25, 0.3) is 16.8 Å². The van der Waals surface area contributed by atoms with Gasteiger partial charge in [0.15, 0.2) is 0 Å². The molecule has 0 fully saturated rings. The lowest BCUT2D eigenvalue weighted by molar-refractivity contribution is 0.140. The largest absolute Gasteiger partial charge is 0.380 e. The summed E-state index contributed by atoms with van der Waals surface area (Å²) in [5.41, 5.74) is 3.38. The molecule has 0 saturated carbocycles. The summed E-state index contributed by atoms with van der Waals surface area (Å²) in [6.07, 6.45) is 0. The minimum atomic E-state index is 0.00357. The maximum atomic E-state index is 12.6. The van der Waals surface area contributed by atoms with Crippen molar-refractivity contribution in [1.82, 2.24) is 14.0 Å². The SMILES string of the molecule is CCOCCn1c2ccccc2n2c(=O)c(C)c(C)nc12. The van der Waals surface area contributed by atoms with Gasteiger partial charge in [0.2, 0.25) is 5.78 Å². The van der Waals surface area contributed by atoms with Gasteiger partial charge in [0.05, 0.1) is 17.6 Å². The monoisotopic (exact) mass is 285 g/mol. The van der Waals surface area contributed by atoms with Crippen LogP contribution in [0.3, 0.4) is 0 Å². The van der Waals surface area contributed by atoms with Crippen molar-refractivity contribution in [2.24, 2.45) is 0 Å². The molecule has 2 heterocycles. The lowest BCUT2D eigenvalue weighted by atomic mass is 10.2. The van der Waals surface area contributed by atoms with Gasteiger partial charge in [-0.25, -0.2) is 9.38 Å². The summed E-state index contributed by atoms with van der Waals surface area (Å²) in [4.78, 5) is 17.2. The van der Waals surface area contributed by atoms with Gasteiger partial charge >= 0.3 is 0 Å². The van der Waals surface area contributed by atoms with Crippen LogP contribution in [0.2, 0.25) is 0 Å². The highest BCUT2D eigenvalue weighted by molar-refractivity contribution is 5.80. The number of rotatable bonds is 4. The fourth-order valence-electron chi connectivity index (χ4n) is 2.61. The maximum Gasteiger partial charge on any atom is 0.262 e. The van der Waals surface area contributed by atoms with Crippen LogP contribution < -0.4 is 5.56 Å². The molecular weight excluding hydrogens is 266 g/mol. The van der Waals surface area contributed by atoms with E-state index in [2.05, 4.69) is 9.55 Å².